The first-order valence-electron chi connectivity index (χ1n) is 7.95. The fraction of sp³-hybridized carbons (Fsp3) is 1.00. The molecule has 116 valence electrons. The van der Waals surface area contributed by atoms with Gasteiger partial charge < -0.3 is 19.3 Å². The van der Waals surface area contributed by atoms with E-state index in [0.29, 0.717) is 12.0 Å². The highest BCUT2D eigenvalue weighted by Crippen LogP contribution is 2.59. The van der Waals surface area contributed by atoms with Crippen molar-refractivity contribution in [2.24, 2.45) is 11.8 Å². The number of ether oxygens (including phenoxy) is 3. The Bertz CT molecular complexity index is 365. The number of rotatable bonds is 5. The maximum Gasteiger partial charge on any atom is 0.100 e. The molecule has 3 aliphatic rings. The average molecular weight is 284 g/mol. The highest BCUT2D eigenvalue weighted by atomic mass is 16.6. The van der Waals surface area contributed by atoms with Crippen LogP contribution in [0.4, 0.5) is 0 Å². The van der Waals surface area contributed by atoms with E-state index in [1.54, 1.807) is 7.11 Å². The third-order valence-corrected chi connectivity index (χ3v) is 5.53. The van der Waals surface area contributed by atoms with E-state index in [0.717, 1.165) is 25.9 Å². The number of methoxy groups -OCH3 is 1. The van der Waals surface area contributed by atoms with Crippen molar-refractivity contribution in [2.45, 2.75) is 76.0 Å². The Kier molecular flexibility index (Phi) is 3.65. The average Bonchev–Trinajstić information content (AvgIpc) is 3.29. The number of aliphatic hydroxyl groups is 1. The normalized spacial score (nSPS) is 50.7. The molecule has 6 atom stereocenters. The van der Waals surface area contributed by atoms with Crippen LogP contribution >= 0.6 is 0 Å². The molecular weight excluding hydrogens is 256 g/mol. The Morgan fingerprint density at radius 1 is 1.40 bits per heavy atom. The quantitative estimate of drug-likeness (QED) is 0.786. The summed E-state index contributed by atoms with van der Waals surface area (Å²) in [4.78, 5) is 0. The van der Waals surface area contributed by atoms with Crippen molar-refractivity contribution in [3.63, 3.8) is 0 Å². The molecule has 2 saturated heterocycles. The first-order chi connectivity index (χ1) is 9.43. The summed E-state index contributed by atoms with van der Waals surface area (Å²) < 4.78 is 17.5. The fourth-order valence-corrected chi connectivity index (χ4v) is 4.17. The minimum Gasteiger partial charge on any atom is -0.390 e. The molecule has 2 aliphatic heterocycles. The van der Waals surface area contributed by atoms with Crippen molar-refractivity contribution in [1.82, 2.24) is 0 Å². The van der Waals surface area contributed by atoms with Crippen molar-refractivity contribution in [3.05, 3.63) is 0 Å². The van der Waals surface area contributed by atoms with E-state index in [-0.39, 0.29) is 23.2 Å². The molecule has 0 unspecified atom stereocenters. The molecule has 4 heteroatoms. The maximum atomic E-state index is 10.3. The third kappa shape index (κ3) is 2.31. The van der Waals surface area contributed by atoms with Gasteiger partial charge in [0.2, 0.25) is 0 Å². The molecule has 2 heterocycles. The first kappa shape index (κ1) is 14.8. The predicted molar refractivity (Wildman–Crippen MR) is 75.6 cm³/mol. The second-order valence-electron chi connectivity index (χ2n) is 7.40. The lowest BCUT2D eigenvalue weighted by Gasteiger charge is -2.41. The van der Waals surface area contributed by atoms with Crippen LogP contribution < -0.4 is 0 Å². The van der Waals surface area contributed by atoms with Gasteiger partial charge in [-0.3, -0.25) is 0 Å². The Balaban J connectivity index is 1.73. The summed E-state index contributed by atoms with van der Waals surface area (Å²) in [5.74, 6) is 0.852. The molecule has 0 aromatic heterocycles. The van der Waals surface area contributed by atoms with E-state index in [4.69, 9.17) is 14.2 Å². The van der Waals surface area contributed by atoms with Gasteiger partial charge in [0.05, 0.1) is 36.4 Å². The van der Waals surface area contributed by atoms with E-state index in [2.05, 4.69) is 20.8 Å². The molecule has 0 amide bonds. The lowest BCUT2D eigenvalue weighted by molar-refractivity contribution is -0.116. The minimum absolute atomic E-state index is 0.0960. The zero-order valence-electron chi connectivity index (χ0n) is 13.1. The van der Waals surface area contributed by atoms with Crippen molar-refractivity contribution < 1.29 is 19.3 Å². The summed E-state index contributed by atoms with van der Waals surface area (Å²) in [6.07, 6.45) is 3.69. The molecule has 20 heavy (non-hydrogen) atoms. The molecular formula is C16H28O4. The van der Waals surface area contributed by atoms with Crippen molar-refractivity contribution in [1.29, 1.82) is 0 Å². The van der Waals surface area contributed by atoms with Crippen molar-refractivity contribution >= 4 is 0 Å². The summed E-state index contributed by atoms with van der Waals surface area (Å²) in [6, 6.07) is 0. The standard InChI is InChI=1S/C16H28O4/c1-10(2)5-6-12-15(3,20-12)14-13(18-4)11(17)7-8-16(14)9-19-16/h10-14,17H,5-9H2,1-4H3/t11-,12-,13-,14-,15+,16+/m1/s1. The Morgan fingerprint density at radius 2 is 2.10 bits per heavy atom. The van der Waals surface area contributed by atoms with Crippen LogP contribution in [-0.4, -0.2) is 48.3 Å². The molecule has 0 radical (unpaired) electrons. The second kappa shape index (κ2) is 4.94. The monoisotopic (exact) mass is 284 g/mol. The second-order valence-corrected chi connectivity index (χ2v) is 7.40. The molecule has 3 rings (SSSR count). The largest absolute Gasteiger partial charge is 0.390 e. The van der Waals surface area contributed by atoms with Gasteiger partial charge in [0.15, 0.2) is 0 Å². The lowest BCUT2D eigenvalue weighted by atomic mass is 9.68. The SMILES string of the molecule is CO[C@@H]1[C@H](O)CC[C@]2(CO2)[C@H]1[C@@]1(C)O[C@@H]1CCC(C)C. The van der Waals surface area contributed by atoms with Gasteiger partial charge >= 0.3 is 0 Å². The van der Waals surface area contributed by atoms with Crippen LogP contribution in [0.2, 0.25) is 0 Å². The molecule has 0 aromatic rings. The third-order valence-electron chi connectivity index (χ3n) is 5.53. The van der Waals surface area contributed by atoms with Crippen LogP contribution in [-0.2, 0) is 14.2 Å². The van der Waals surface area contributed by atoms with Crippen LogP contribution in [0, 0.1) is 11.8 Å². The summed E-state index contributed by atoms with van der Waals surface area (Å²) >= 11 is 0. The van der Waals surface area contributed by atoms with E-state index in [1.807, 2.05) is 0 Å². The molecule has 4 nitrogen and oxygen atoms in total. The van der Waals surface area contributed by atoms with Crippen LogP contribution in [0.15, 0.2) is 0 Å². The summed E-state index contributed by atoms with van der Waals surface area (Å²) in [5, 5.41) is 10.3. The van der Waals surface area contributed by atoms with Crippen LogP contribution in [0.25, 0.3) is 0 Å². The Labute approximate surface area is 121 Å². The van der Waals surface area contributed by atoms with Gasteiger partial charge in [-0.2, -0.15) is 0 Å². The molecule has 1 aliphatic carbocycles. The van der Waals surface area contributed by atoms with Gasteiger partial charge in [-0.15, -0.1) is 0 Å². The van der Waals surface area contributed by atoms with Gasteiger partial charge in [-0.1, -0.05) is 13.8 Å². The maximum absolute atomic E-state index is 10.3. The number of aliphatic hydroxyl groups excluding tert-OH is 1. The topological polar surface area (TPSA) is 54.5 Å². The molecule has 0 aromatic carbocycles. The van der Waals surface area contributed by atoms with Gasteiger partial charge in [-0.05, 0) is 38.5 Å². The molecule has 1 N–H and O–H groups in total. The van der Waals surface area contributed by atoms with E-state index in [9.17, 15) is 5.11 Å². The highest BCUT2D eigenvalue weighted by molar-refractivity contribution is 5.19. The van der Waals surface area contributed by atoms with Gasteiger partial charge in [0.1, 0.15) is 5.60 Å². The number of hydrogen-bond donors (Lipinski definition) is 1. The summed E-state index contributed by atoms with van der Waals surface area (Å²) in [7, 11) is 1.69. The van der Waals surface area contributed by atoms with Gasteiger partial charge in [0.25, 0.3) is 0 Å². The van der Waals surface area contributed by atoms with Gasteiger partial charge in [-0.25, -0.2) is 0 Å². The van der Waals surface area contributed by atoms with Crippen LogP contribution in [0.1, 0.15) is 46.5 Å². The smallest absolute Gasteiger partial charge is 0.100 e. The Morgan fingerprint density at radius 3 is 2.65 bits per heavy atom. The van der Waals surface area contributed by atoms with Crippen LogP contribution in [0.5, 0.6) is 0 Å². The van der Waals surface area contributed by atoms with Crippen molar-refractivity contribution in [3.8, 4) is 0 Å². The minimum atomic E-state index is -0.397. The highest BCUT2D eigenvalue weighted by Gasteiger charge is 2.71. The zero-order chi connectivity index (χ0) is 14.5. The molecule has 1 saturated carbocycles. The van der Waals surface area contributed by atoms with Crippen molar-refractivity contribution in [2.75, 3.05) is 13.7 Å². The van der Waals surface area contributed by atoms with E-state index in [1.165, 1.54) is 6.42 Å². The number of epoxide rings is 2. The van der Waals surface area contributed by atoms with E-state index < -0.39 is 6.10 Å². The lowest BCUT2D eigenvalue weighted by Crippen LogP contribution is -2.54. The number of hydrogen-bond acceptors (Lipinski definition) is 4. The fourth-order valence-electron chi connectivity index (χ4n) is 4.17. The van der Waals surface area contributed by atoms with Gasteiger partial charge in [0, 0.05) is 7.11 Å². The molecule has 1 spiro atoms. The summed E-state index contributed by atoms with van der Waals surface area (Å²) in [6.45, 7) is 7.46. The Hall–Kier alpha value is -0.160. The summed E-state index contributed by atoms with van der Waals surface area (Å²) in [5.41, 5.74) is -0.283. The van der Waals surface area contributed by atoms with Crippen LogP contribution in [0.3, 0.4) is 0 Å². The molecule has 0 bridgehead atoms. The predicted octanol–water partition coefficient (Wildman–Crippen LogP) is 2.13. The van der Waals surface area contributed by atoms with E-state index >= 15 is 0 Å². The zero-order valence-corrected chi connectivity index (χ0v) is 13.1. The molecule has 3 fully saturated rings. The first-order valence-corrected chi connectivity index (χ1v) is 7.95.